The number of hydrogen-bond acceptors (Lipinski definition) is 10. The summed E-state index contributed by atoms with van der Waals surface area (Å²) in [6.07, 6.45) is 3.22. The van der Waals surface area contributed by atoms with Gasteiger partial charge in [-0.2, -0.15) is 0 Å². The highest BCUT2D eigenvalue weighted by Gasteiger charge is 2.42. The van der Waals surface area contributed by atoms with E-state index in [0.29, 0.717) is 31.7 Å². The number of phenolic OH excluding ortho intramolecular Hbond substituents is 2. The van der Waals surface area contributed by atoms with E-state index in [1.807, 2.05) is 12.1 Å². The van der Waals surface area contributed by atoms with Crippen molar-refractivity contribution in [3.05, 3.63) is 86.0 Å². The van der Waals surface area contributed by atoms with Gasteiger partial charge in [0.25, 0.3) is 5.69 Å². The lowest BCUT2D eigenvalue weighted by Crippen LogP contribution is -2.25. The Bertz CT molecular complexity index is 1510. The number of esters is 1. The van der Waals surface area contributed by atoms with Crippen molar-refractivity contribution in [1.82, 2.24) is 0 Å². The third kappa shape index (κ3) is 5.90. The zero-order valence-electron chi connectivity index (χ0n) is 22.7. The number of ketones is 2. The Kier molecular flexibility index (Phi) is 8.98. The fourth-order valence-electron chi connectivity index (χ4n) is 4.55. The summed E-state index contributed by atoms with van der Waals surface area (Å²) in [6, 6.07) is 10.2. The van der Waals surface area contributed by atoms with Gasteiger partial charge in [-0.25, -0.2) is 4.79 Å². The minimum Gasteiger partial charge on any atom is -0.507 e. The van der Waals surface area contributed by atoms with Crippen molar-refractivity contribution in [3.8, 4) is 11.5 Å². The van der Waals surface area contributed by atoms with Gasteiger partial charge in [0.2, 0.25) is 11.6 Å². The molecular formula is C30H30N2O9. The number of anilines is 2. The SMILES string of the molecule is CCCCOCCc1ccc(Nc2cc(C(=O)OCCC)c(O)c3c2C(=O)c2c([N+](=O)[O-])ccc(O)c2C3=O)cc1. The van der Waals surface area contributed by atoms with Crippen LogP contribution in [-0.2, 0) is 15.9 Å². The van der Waals surface area contributed by atoms with Crippen LogP contribution in [0.3, 0.4) is 0 Å². The lowest BCUT2D eigenvalue weighted by atomic mass is 9.80. The van der Waals surface area contributed by atoms with E-state index < -0.39 is 56.3 Å². The van der Waals surface area contributed by atoms with Crippen molar-refractivity contribution < 1.29 is 39.0 Å². The summed E-state index contributed by atoms with van der Waals surface area (Å²) < 4.78 is 10.8. The van der Waals surface area contributed by atoms with E-state index in [1.165, 1.54) is 6.07 Å². The van der Waals surface area contributed by atoms with Gasteiger partial charge in [-0.15, -0.1) is 0 Å². The number of fused-ring (bicyclic) bond motifs is 2. The predicted molar refractivity (Wildman–Crippen MR) is 149 cm³/mol. The van der Waals surface area contributed by atoms with Crippen molar-refractivity contribution in [2.45, 2.75) is 39.5 Å². The van der Waals surface area contributed by atoms with E-state index in [2.05, 4.69) is 12.2 Å². The maximum Gasteiger partial charge on any atom is 0.342 e. The van der Waals surface area contributed by atoms with Crippen LogP contribution in [-0.4, -0.2) is 52.5 Å². The molecule has 0 aliphatic heterocycles. The number of nitro benzene ring substituents is 1. The largest absolute Gasteiger partial charge is 0.507 e. The first kappa shape index (κ1) is 29.2. The van der Waals surface area contributed by atoms with Crippen LogP contribution < -0.4 is 5.32 Å². The Labute approximate surface area is 235 Å². The first-order valence-electron chi connectivity index (χ1n) is 13.3. The Hall–Kier alpha value is -4.77. The van der Waals surface area contributed by atoms with E-state index in [4.69, 9.17) is 9.47 Å². The van der Waals surface area contributed by atoms with Crippen LogP contribution in [0, 0.1) is 10.1 Å². The number of phenols is 2. The van der Waals surface area contributed by atoms with E-state index >= 15 is 0 Å². The van der Waals surface area contributed by atoms with Crippen LogP contribution in [0.25, 0.3) is 0 Å². The van der Waals surface area contributed by atoms with E-state index in [1.54, 1.807) is 19.1 Å². The monoisotopic (exact) mass is 562 g/mol. The molecule has 3 aromatic rings. The van der Waals surface area contributed by atoms with Gasteiger partial charge in [0, 0.05) is 18.4 Å². The number of hydrogen-bond donors (Lipinski definition) is 3. The number of unbranched alkanes of at least 4 members (excludes halogenated alkanes) is 1. The van der Waals surface area contributed by atoms with Gasteiger partial charge in [0.15, 0.2) is 0 Å². The number of rotatable bonds is 12. The number of carbonyl (C=O) groups excluding carboxylic acids is 3. The maximum atomic E-state index is 13.7. The standard InChI is InChI=1S/C30H30N2O9/c1-3-5-14-40-15-12-17-6-8-18(9-7-17)31-20-16-19(30(37)41-13-4-2)27(34)26-23(20)28(35)24-21(32(38)39)10-11-22(33)25(24)29(26)36/h6-11,16,31,33-34H,3-5,12-15H2,1-2H3. The Balaban J connectivity index is 1.78. The highest BCUT2D eigenvalue weighted by atomic mass is 16.6. The summed E-state index contributed by atoms with van der Waals surface area (Å²) in [4.78, 5) is 51.0. The molecule has 4 rings (SSSR count). The molecule has 0 atom stereocenters. The van der Waals surface area contributed by atoms with Crippen LogP contribution >= 0.6 is 0 Å². The van der Waals surface area contributed by atoms with Crippen LogP contribution in [0.5, 0.6) is 11.5 Å². The fraction of sp³-hybridized carbons (Fsp3) is 0.300. The molecule has 3 N–H and O–H groups in total. The highest BCUT2D eigenvalue weighted by Crippen LogP contribution is 2.45. The van der Waals surface area contributed by atoms with Crippen molar-refractivity contribution in [3.63, 3.8) is 0 Å². The van der Waals surface area contributed by atoms with Crippen molar-refractivity contribution in [2.75, 3.05) is 25.1 Å². The number of nitrogens with zero attached hydrogens (tertiary/aromatic N) is 1. The number of nitrogens with one attached hydrogen (secondary N) is 1. The first-order valence-corrected chi connectivity index (χ1v) is 13.3. The number of carbonyl (C=O) groups is 3. The smallest absolute Gasteiger partial charge is 0.342 e. The summed E-state index contributed by atoms with van der Waals surface area (Å²) in [5.74, 6) is -4.43. The molecule has 0 unspecified atom stereocenters. The van der Waals surface area contributed by atoms with Gasteiger partial charge in [-0.05, 0) is 49.1 Å². The minimum atomic E-state index is -1.04. The Morgan fingerprint density at radius 2 is 1.61 bits per heavy atom. The van der Waals surface area contributed by atoms with Crippen LogP contribution in [0.1, 0.15) is 80.9 Å². The van der Waals surface area contributed by atoms with E-state index in [-0.39, 0.29) is 23.4 Å². The van der Waals surface area contributed by atoms with Crippen molar-refractivity contribution in [1.29, 1.82) is 0 Å². The van der Waals surface area contributed by atoms with E-state index in [0.717, 1.165) is 30.5 Å². The van der Waals surface area contributed by atoms with Gasteiger partial charge in [-0.3, -0.25) is 19.7 Å². The lowest BCUT2D eigenvalue weighted by molar-refractivity contribution is -0.385. The normalized spacial score (nSPS) is 12.0. The molecule has 1 aliphatic rings. The molecule has 0 spiro atoms. The number of aromatic hydroxyl groups is 2. The third-order valence-electron chi connectivity index (χ3n) is 6.63. The molecule has 0 aromatic heterocycles. The minimum absolute atomic E-state index is 0.0430. The quantitative estimate of drug-likeness (QED) is 0.0664. The van der Waals surface area contributed by atoms with Gasteiger partial charge < -0.3 is 25.0 Å². The zero-order valence-corrected chi connectivity index (χ0v) is 22.7. The number of nitro groups is 1. The van der Waals surface area contributed by atoms with Crippen LogP contribution in [0.15, 0.2) is 42.5 Å². The molecule has 214 valence electrons. The van der Waals surface area contributed by atoms with Gasteiger partial charge in [0.05, 0.1) is 40.5 Å². The lowest BCUT2D eigenvalue weighted by Gasteiger charge is -2.23. The summed E-state index contributed by atoms with van der Waals surface area (Å²) in [7, 11) is 0. The molecule has 0 saturated heterocycles. The fourth-order valence-corrected chi connectivity index (χ4v) is 4.55. The second kappa shape index (κ2) is 12.6. The molecule has 3 aromatic carbocycles. The second-order valence-electron chi connectivity index (χ2n) is 9.51. The molecule has 0 bridgehead atoms. The molecule has 0 heterocycles. The number of ether oxygens (including phenoxy) is 2. The van der Waals surface area contributed by atoms with Crippen molar-refractivity contribution in [2.24, 2.45) is 0 Å². The van der Waals surface area contributed by atoms with Gasteiger partial charge >= 0.3 is 5.97 Å². The topological polar surface area (TPSA) is 165 Å². The van der Waals surface area contributed by atoms with Crippen LogP contribution in [0.4, 0.5) is 17.1 Å². The predicted octanol–water partition coefficient (Wildman–Crippen LogP) is 5.45. The zero-order chi connectivity index (χ0) is 29.7. The molecule has 41 heavy (non-hydrogen) atoms. The summed E-state index contributed by atoms with van der Waals surface area (Å²) in [6.45, 7) is 5.16. The molecule has 11 nitrogen and oxygen atoms in total. The summed E-state index contributed by atoms with van der Waals surface area (Å²) in [5, 5.41) is 36.2. The molecule has 0 amide bonds. The molecule has 0 radical (unpaired) electrons. The average Bonchev–Trinajstić information content (AvgIpc) is 2.95. The molecular weight excluding hydrogens is 532 g/mol. The van der Waals surface area contributed by atoms with Gasteiger partial charge in [-0.1, -0.05) is 32.4 Å². The average molecular weight is 563 g/mol. The summed E-state index contributed by atoms with van der Waals surface area (Å²) in [5.41, 5.74) is -1.77. The maximum absolute atomic E-state index is 13.7. The first-order chi connectivity index (χ1) is 19.7. The molecule has 11 heteroatoms. The Morgan fingerprint density at radius 3 is 2.27 bits per heavy atom. The third-order valence-corrected chi connectivity index (χ3v) is 6.63. The van der Waals surface area contributed by atoms with Crippen molar-refractivity contribution >= 4 is 34.6 Å². The molecule has 1 aliphatic carbocycles. The van der Waals surface area contributed by atoms with E-state index in [9.17, 15) is 34.7 Å². The number of benzene rings is 3. The molecule has 0 saturated carbocycles. The summed E-state index contributed by atoms with van der Waals surface area (Å²) >= 11 is 0. The highest BCUT2D eigenvalue weighted by molar-refractivity contribution is 6.33. The molecule has 0 fully saturated rings. The Morgan fingerprint density at radius 1 is 0.902 bits per heavy atom. The van der Waals surface area contributed by atoms with Crippen LogP contribution in [0.2, 0.25) is 0 Å². The van der Waals surface area contributed by atoms with Gasteiger partial charge in [0.1, 0.15) is 22.6 Å². The second-order valence-corrected chi connectivity index (χ2v) is 9.51.